The number of allylic oxidation sites excluding steroid dienone is 2. The standard InChI is InChI=1S/C40H50O6/c1-21(2)31-23-11-13-29-37(5,15-9-17-39(29,7)35(43)44)27(23)19-25(33(31)41)26-20-28-24(32(22(3)4)34(26)42)12-14-30-38(28,6)16-10-18-40(30,8)36(45)46/h11-14,19-22,29-30,41-42H,9-10,15-18H2,1-8H3,(H,43,44)(H,45,46)/t29-,30-,37-,38-,39+,40+/m1/s1. The lowest BCUT2D eigenvalue weighted by atomic mass is 9.51. The van der Waals surface area contributed by atoms with E-state index in [9.17, 15) is 30.0 Å². The number of aromatic hydroxyl groups is 2. The van der Waals surface area contributed by atoms with Gasteiger partial charge in [-0.2, -0.15) is 0 Å². The van der Waals surface area contributed by atoms with Crippen molar-refractivity contribution < 1.29 is 30.0 Å². The summed E-state index contributed by atoms with van der Waals surface area (Å²) in [4.78, 5) is 25.3. The van der Waals surface area contributed by atoms with Gasteiger partial charge in [-0.15, -0.1) is 0 Å². The van der Waals surface area contributed by atoms with Gasteiger partial charge in [0, 0.05) is 44.9 Å². The minimum atomic E-state index is -0.913. The molecule has 6 atom stereocenters. The summed E-state index contributed by atoms with van der Waals surface area (Å²) in [7, 11) is 0. The molecule has 0 spiro atoms. The third-order valence-corrected chi connectivity index (χ3v) is 12.9. The summed E-state index contributed by atoms with van der Waals surface area (Å²) >= 11 is 0. The number of fused-ring (bicyclic) bond motifs is 6. The molecular weight excluding hydrogens is 576 g/mol. The van der Waals surface area contributed by atoms with Gasteiger partial charge in [-0.05, 0) is 85.8 Å². The average Bonchev–Trinajstić information content (AvgIpc) is 2.96. The Labute approximate surface area is 273 Å². The molecular formula is C40H50O6. The molecule has 4 aliphatic rings. The summed E-state index contributed by atoms with van der Waals surface area (Å²) < 4.78 is 0. The van der Waals surface area contributed by atoms with Crippen LogP contribution in [0.1, 0.15) is 139 Å². The van der Waals surface area contributed by atoms with Crippen LogP contribution in [0.15, 0.2) is 24.3 Å². The molecule has 4 aliphatic carbocycles. The number of rotatable bonds is 5. The Morgan fingerprint density at radius 3 is 1.30 bits per heavy atom. The van der Waals surface area contributed by atoms with Gasteiger partial charge in [-0.1, -0.05) is 78.7 Å². The van der Waals surface area contributed by atoms with Crippen molar-refractivity contribution >= 4 is 24.1 Å². The largest absolute Gasteiger partial charge is 0.507 e. The molecule has 6 rings (SSSR count). The molecule has 46 heavy (non-hydrogen) atoms. The molecule has 2 fully saturated rings. The normalized spacial score (nSPS) is 32.9. The first-order valence-corrected chi connectivity index (χ1v) is 17.1. The van der Waals surface area contributed by atoms with Crippen LogP contribution < -0.4 is 0 Å². The van der Waals surface area contributed by atoms with Crippen LogP contribution in [-0.2, 0) is 20.4 Å². The topological polar surface area (TPSA) is 115 Å². The van der Waals surface area contributed by atoms with E-state index in [1.807, 2.05) is 38.1 Å². The second kappa shape index (κ2) is 10.5. The second-order valence-corrected chi connectivity index (χ2v) is 16.3. The fourth-order valence-electron chi connectivity index (χ4n) is 10.3. The Morgan fingerprint density at radius 2 is 1.00 bits per heavy atom. The van der Waals surface area contributed by atoms with E-state index in [0.29, 0.717) is 24.0 Å². The van der Waals surface area contributed by atoms with Crippen LogP contribution in [0.2, 0.25) is 0 Å². The highest BCUT2D eigenvalue weighted by atomic mass is 16.4. The van der Waals surface area contributed by atoms with Crippen molar-refractivity contribution in [3.63, 3.8) is 0 Å². The van der Waals surface area contributed by atoms with Crippen molar-refractivity contribution in [1.29, 1.82) is 0 Å². The van der Waals surface area contributed by atoms with Gasteiger partial charge in [0.05, 0.1) is 10.8 Å². The SMILES string of the molecule is CC(C)c1c(O)c(-c2cc3c(c(C(C)C)c2O)C=C[C@H]2[C@@](C)(C(=O)O)CCC[C@]32C)cc2c1C=C[C@H]1[C@@](C)(C(=O)O)CCC[C@]21C. The van der Waals surface area contributed by atoms with Gasteiger partial charge in [0.25, 0.3) is 0 Å². The molecule has 2 aromatic rings. The third kappa shape index (κ3) is 4.20. The minimum absolute atomic E-state index is 0.0308. The van der Waals surface area contributed by atoms with Crippen molar-refractivity contribution in [1.82, 2.24) is 0 Å². The van der Waals surface area contributed by atoms with E-state index < -0.39 is 33.6 Å². The van der Waals surface area contributed by atoms with Gasteiger partial charge in [0.15, 0.2) is 0 Å². The summed E-state index contributed by atoms with van der Waals surface area (Å²) in [5, 5.41) is 45.0. The maximum Gasteiger partial charge on any atom is 0.309 e. The second-order valence-electron chi connectivity index (χ2n) is 16.3. The number of carboxylic acids is 2. The third-order valence-electron chi connectivity index (χ3n) is 12.9. The van der Waals surface area contributed by atoms with Crippen LogP contribution in [-0.4, -0.2) is 32.4 Å². The number of aliphatic carboxylic acids is 2. The maximum absolute atomic E-state index is 12.7. The lowest BCUT2D eigenvalue weighted by molar-refractivity contribution is -0.155. The van der Waals surface area contributed by atoms with Crippen molar-refractivity contribution in [2.24, 2.45) is 22.7 Å². The Morgan fingerprint density at radius 1 is 0.652 bits per heavy atom. The Hall–Kier alpha value is -3.54. The summed E-state index contributed by atoms with van der Waals surface area (Å²) in [6, 6.07) is 4.04. The van der Waals surface area contributed by atoms with E-state index in [0.717, 1.165) is 59.1 Å². The van der Waals surface area contributed by atoms with Gasteiger partial charge in [-0.3, -0.25) is 9.59 Å². The predicted molar refractivity (Wildman–Crippen MR) is 182 cm³/mol. The highest BCUT2D eigenvalue weighted by Gasteiger charge is 2.56. The van der Waals surface area contributed by atoms with Gasteiger partial charge in [0.1, 0.15) is 11.5 Å². The first kappa shape index (κ1) is 32.4. The number of carboxylic acid groups (broad SMARTS) is 2. The molecule has 0 aliphatic heterocycles. The Balaban J connectivity index is 1.65. The lowest BCUT2D eigenvalue weighted by Crippen LogP contribution is -2.50. The molecule has 246 valence electrons. The van der Waals surface area contributed by atoms with Gasteiger partial charge in [-0.25, -0.2) is 0 Å². The summed E-state index contributed by atoms with van der Waals surface area (Å²) in [6.45, 7) is 16.3. The van der Waals surface area contributed by atoms with Crippen LogP contribution in [0, 0.1) is 22.7 Å². The Bertz CT molecular complexity index is 1590. The lowest BCUT2D eigenvalue weighted by Gasteiger charge is -2.52. The molecule has 6 nitrogen and oxygen atoms in total. The molecule has 6 heteroatoms. The summed E-state index contributed by atoms with van der Waals surface area (Å²) in [5.74, 6) is -1.81. The van der Waals surface area contributed by atoms with E-state index in [1.54, 1.807) is 0 Å². The van der Waals surface area contributed by atoms with Gasteiger partial charge >= 0.3 is 11.9 Å². The summed E-state index contributed by atoms with van der Waals surface area (Å²) in [6.07, 6.45) is 12.6. The number of hydrogen-bond donors (Lipinski definition) is 4. The molecule has 2 saturated carbocycles. The van der Waals surface area contributed by atoms with Crippen LogP contribution in [0.4, 0.5) is 0 Å². The van der Waals surface area contributed by atoms with Crippen LogP contribution >= 0.6 is 0 Å². The van der Waals surface area contributed by atoms with Gasteiger partial charge < -0.3 is 20.4 Å². The quantitative estimate of drug-likeness (QED) is 0.263. The van der Waals surface area contributed by atoms with E-state index in [-0.39, 0.29) is 35.2 Å². The van der Waals surface area contributed by atoms with E-state index in [2.05, 4.69) is 53.7 Å². The first-order chi connectivity index (χ1) is 21.4. The minimum Gasteiger partial charge on any atom is -0.507 e. The predicted octanol–water partition coefficient (Wildman–Crippen LogP) is 9.36. The van der Waals surface area contributed by atoms with Crippen molar-refractivity contribution in [3.8, 4) is 22.6 Å². The number of benzene rings is 2. The fraction of sp³-hybridized carbons (Fsp3) is 0.550. The van der Waals surface area contributed by atoms with Gasteiger partial charge in [0.2, 0.25) is 0 Å². The molecule has 0 bridgehead atoms. The number of hydrogen-bond acceptors (Lipinski definition) is 4. The molecule has 2 aromatic carbocycles. The van der Waals surface area contributed by atoms with E-state index in [1.165, 1.54) is 0 Å². The Kier molecular flexibility index (Phi) is 7.38. The zero-order chi connectivity index (χ0) is 33.7. The number of carbonyl (C=O) groups is 2. The first-order valence-electron chi connectivity index (χ1n) is 17.1. The molecule has 0 unspecified atom stereocenters. The smallest absolute Gasteiger partial charge is 0.309 e. The average molecular weight is 627 g/mol. The molecule has 0 heterocycles. The van der Waals surface area contributed by atoms with Crippen molar-refractivity contribution in [3.05, 3.63) is 57.7 Å². The number of phenols is 2. The van der Waals surface area contributed by atoms with Crippen LogP contribution in [0.25, 0.3) is 23.3 Å². The van der Waals surface area contributed by atoms with E-state index in [4.69, 9.17) is 0 Å². The molecule has 0 saturated heterocycles. The fourth-order valence-corrected chi connectivity index (χ4v) is 10.3. The van der Waals surface area contributed by atoms with Crippen LogP contribution in [0.5, 0.6) is 11.5 Å². The molecule has 0 amide bonds. The molecule has 0 radical (unpaired) electrons. The van der Waals surface area contributed by atoms with Crippen molar-refractivity contribution in [2.45, 2.75) is 117 Å². The molecule has 0 aromatic heterocycles. The zero-order valence-electron chi connectivity index (χ0n) is 28.6. The van der Waals surface area contributed by atoms with E-state index >= 15 is 0 Å². The highest BCUT2D eigenvalue weighted by molar-refractivity contribution is 5.87. The maximum atomic E-state index is 12.7. The highest BCUT2D eigenvalue weighted by Crippen LogP contribution is 2.61. The zero-order valence-corrected chi connectivity index (χ0v) is 28.6. The van der Waals surface area contributed by atoms with Crippen molar-refractivity contribution in [2.75, 3.05) is 0 Å². The van der Waals surface area contributed by atoms with Crippen LogP contribution in [0.3, 0.4) is 0 Å². The summed E-state index contributed by atoms with van der Waals surface area (Å²) in [5.41, 5.74) is 3.87. The number of phenolic OH excluding ortho intramolecular Hbond substituents is 2. The molecule has 4 N–H and O–H groups in total. The monoisotopic (exact) mass is 626 g/mol.